The van der Waals surface area contributed by atoms with Gasteiger partial charge in [0.05, 0.1) is 6.20 Å². The van der Waals surface area contributed by atoms with E-state index in [4.69, 9.17) is 0 Å². The molecule has 0 bridgehead atoms. The molecule has 100 valence electrons. The molecule has 1 N–H and O–H groups in total. The van der Waals surface area contributed by atoms with E-state index in [0.717, 1.165) is 23.4 Å². The number of nitrogens with zero attached hydrogens (tertiary/aromatic N) is 2. The zero-order valence-electron chi connectivity index (χ0n) is 11.0. The Morgan fingerprint density at radius 1 is 1.32 bits per heavy atom. The molecule has 1 aromatic heterocycles. The smallest absolute Gasteiger partial charge is 0.223 e. The Bertz CT molecular complexity index is 560. The van der Waals surface area contributed by atoms with Crippen LogP contribution in [0.25, 0.3) is 0 Å². The average molecular weight is 277 g/mol. The first-order chi connectivity index (χ1) is 9.20. The van der Waals surface area contributed by atoms with Gasteiger partial charge in [0.2, 0.25) is 5.95 Å². The molecule has 0 spiro atoms. The Kier molecular flexibility index (Phi) is 4.74. The normalized spacial score (nSPS) is 10.5. The van der Waals surface area contributed by atoms with Crippen molar-refractivity contribution in [3.05, 3.63) is 41.8 Å². The van der Waals surface area contributed by atoms with Gasteiger partial charge < -0.3 is 5.32 Å². The van der Waals surface area contributed by atoms with Crippen LogP contribution in [0.2, 0.25) is 0 Å². The van der Waals surface area contributed by atoms with Crippen LogP contribution in [0, 0.1) is 12.7 Å². The van der Waals surface area contributed by atoms with Gasteiger partial charge in [-0.05, 0) is 25.0 Å². The maximum absolute atomic E-state index is 13.7. The van der Waals surface area contributed by atoms with Crippen LogP contribution in [-0.2, 0) is 0 Å². The molecule has 0 radical (unpaired) electrons. The highest BCUT2D eigenvalue weighted by molar-refractivity contribution is 7.99. The summed E-state index contributed by atoms with van der Waals surface area (Å²) < 4.78 is 13.7. The molecule has 0 atom stereocenters. The molecule has 5 heteroatoms. The Balaban J connectivity index is 2.21. The first-order valence-electron chi connectivity index (χ1n) is 6.20. The monoisotopic (exact) mass is 277 g/mol. The van der Waals surface area contributed by atoms with Crippen LogP contribution in [0.15, 0.2) is 40.4 Å². The number of nitrogens with one attached hydrogen (secondary N) is 1. The van der Waals surface area contributed by atoms with Crippen LogP contribution in [0.1, 0.15) is 18.9 Å². The highest BCUT2D eigenvalue weighted by Gasteiger charge is 2.09. The van der Waals surface area contributed by atoms with E-state index in [1.807, 2.05) is 31.2 Å². The molecule has 0 saturated carbocycles. The summed E-state index contributed by atoms with van der Waals surface area (Å²) in [6, 6.07) is 7.85. The molecule has 0 amide bonds. The molecule has 0 saturated heterocycles. The zero-order chi connectivity index (χ0) is 13.7. The van der Waals surface area contributed by atoms with Gasteiger partial charge >= 0.3 is 0 Å². The fraction of sp³-hybridized carbons (Fsp3) is 0.286. The molecule has 0 aliphatic heterocycles. The fourth-order valence-corrected chi connectivity index (χ4v) is 2.39. The van der Waals surface area contributed by atoms with E-state index in [9.17, 15) is 4.39 Å². The van der Waals surface area contributed by atoms with Gasteiger partial charge in [0.25, 0.3) is 0 Å². The topological polar surface area (TPSA) is 37.8 Å². The Hall–Kier alpha value is -1.62. The lowest BCUT2D eigenvalue weighted by atomic mass is 10.2. The van der Waals surface area contributed by atoms with Gasteiger partial charge in [0.1, 0.15) is 5.03 Å². The summed E-state index contributed by atoms with van der Waals surface area (Å²) in [5.74, 6) is 0.0784. The second kappa shape index (κ2) is 6.52. The van der Waals surface area contributed by atoms with Crippen molar-refractivity contribution in [1.82, 2.24) is 9.97 Å². The predicted molar refractivity (Wildman–Crippen MR) is 76.1 cm³/mol. The van der Waals surface area contributed by atoms with Gasteiger partial charge in [-0.3, -0.25) is 0 Å². The van der Waals surface area contributed by atoms with Crippen LogP contribution >= 0.6 is 11.8 Å². The summed E-state index contributed by atoms with van der Waals surface area (Å²) in [4.78, 5) is 9.14. The molecule has 0 aliphatic carbocycles. The van der Waals surface area contributed by atoms with Gasteiger partial charge in [-0.15, -0.1) is 0 Å². The maximum atomic E-state index is 13.7. The summed E-state index contributed by atoms with van der Waals surface area (Å²) in [6.45, 7) is 4.83. The lowest BCUT2D eigenvalue weighted by Gasteiger charge is -2.07. The van der Waals surface area contributed by atoms with Crippen molar-refractivity contribution >= 4 is 17.7 Å². The first kappa shape index (κ1) is 13.8. The summed E-state index contributed by atoms with van der Waals surface area (Å²) in [6.07, 6.45) is 2.19. The van der Waals surface area contributed by atoms with E-state index in [1.165, 1.54) is 18.0 Å². The quantitative estimate of drug-likeness (QED) is 0.841. The maximum Gasteiger partial charge on any atom is 0.223 e. The highest BCUT2D eigenvalue weighted by atomic mass is 32.2. The van der Waals surface area contributed by atoms with Gasteiger partial charge in [-0.25, -0.2) is 14.4 Å². The van der Waals surface area contributed by atoms with Gasteiger partial charge in [-0.2, -0.15) is 0 Å². The van der Waals surface area contributed by atoms with E-state index in [-0.39, 0.29) is 0 Å². The molecular weight excluding hydrogens is 261 g/mol. The number of anilines is 1. The summed E-state index contributed by atoms with van der Waals surface area (Å²) in [5.41, 5.74) is 1.11. The number of benzene rings is 1. The van der Waals surface area contributed by atoms with Gasteiger partial charge in [-0.1, -0.05) is 36.9 Å². The average Bonchev–Trinajstić information content (AvgIpc) is 2.42. The predicted octanol–water partition coefficient (Wildman–Crippen LogP) is 3.90. The SMILES string of the molecule is CCCNc1ncc(F)c(Sc2ccccc2C)n1. The minimum Gasteiger partial charge on any atom is -0.354 e. The summed E-state index contributed by atoms with van der Waals surface area (Å²) in [5, 5.41) is 3.41. The molecule has 1 heterocycles. The molecule has 2 rings (SSSR count). The van der Waals surface area contributed by atoms with Crippen LogP contribution in [-0.4, -0.2) is 16.5 Å². The van der Waals surface area contributed by atoms with Gasteiger partial charge in [0.15, 0.2) is 5.82 Å². The van der Waals surface area contributed by atoms with Crippen molar-refractivity contribution in [3.8, 4) is 0 Å². The molecule has 1 aromatic carbocycles. The molecule has 2 aromatic rings. The Morgan fingerprint density at radius 2 is 2.11 bits per heavy atom. The largest absolute Gasteiger partial charge is 0.354 e. The van der Waals surface area contributed by atoms with Crippen LogP contribution in [0.5, 0.6) is 0 Å². The molecule has 3 nitrogen and oxygen atoms in total. The molecule has 19 heavy (non-hydrogen) atoms. The lowest BCUT2D eigenvalue weighted by molar-refractivity contribution is 0.579. The standard InChI is InChI=1S/C14H16FN3S/c1-3-8-16-14-17-9-11(15)13(18-14)19-12-7-5-4-6-10(12)2/h4-7,9H,3,8H2,1-2H3,(H,16,17,18). The van der Waals surface area contributed by atoms with E-state index in [1.54, 1.807) is 0 Å². The number of hydrogen-bond donors (Lipinski definition) is 1. The van der Waals surface area contributed by atoms with Crippen molar-refractivity contribution in [1.29, 1.82) is 0 Å². The number of halogens is 1. The summed E-state index contributed by atoms with van der Waals surface area (Å²) >= 11 is 1.32. The van der Waals surface area contributed by atoms with E-state index >= 15 is 0 Å². The van der Waals surface area contributed by atoms with Crippen LogP contribution < -0.4 is 5.32 Å². The first-order valence-corrected chi connectivity index (χ1v) is 7.02. The minimum absolute atomic E-state index is 0.350. The summed E-state index contributed by atoms with van der Waals surface area (Å²) in [7, 11) is 0. The van der Waals surface area contributed by atoms with Crippen molar-refractivity contribution in [2.75, 3.05) is 11.9 Å². The van der Waals surface area contributed by atoms with Crippen molar-refractivity contribution in [3.63, 3.8) is 0 Å². The molecule has 0 aliphatic rings. The Morgan fingerprint density at radius 3 is 2.84 bits per heavy atom. The second-order valence-electron chi connectivity index (χ2n) is 4.14. The third-order valence-electron chi connectivity index (χ3n) is 2.55. The number of aryl methyl sites for hydroxylation is 1. The Labute approximate surface area is 116 Å². The van der Waals surface area contributed by atoms with E-state index < -0.39 is 5.82 Å². The third-order valence-corrected chi connectivity index (χ3v) is 3.70. The van der Waals surface area contributed by atoms with Gasteiger partial charge in [0, 0.05) is 11.4 Å². The molecular formula is C14H16FN3S. The highest BCUT2D eigenvalue weighted by Crippen LogP contribution is 2.30. The van der Waals surface area contributed by atoms with Crippen molar-refractivity contribution in [2.45, 2.75) is 30.2 Å². The second-order valence-corrected chi connectivity index (χ2v) is 5.17. The van der Waals surface area contributed by atoms with E-state index in [2.05, 4.69) is 22.2 Å². The van der Waals surface area contributed by atoms with Crippen molar-refractivity contribution < 1.29 is 4.39 Å². The van der Waals surface area contributed by atoms with Crippen LogP contribution in [0.3, 0.4) is 0 Å². The number of hydrogen-bond acceptors (Lipinski definition) is 4. The molecule has 0 unspecified atom stereocenters. The zero-order valence-corrected chi connectivity index (χ0v) is 11.8. The van der Waals surface area contributed by atoms with Crippen molar-refractivity contribution in [2.24, 2.45) is 0 Å². The molecule has 0 fully saturated rings. The minimum atomic E-state index is -0.393. The fourth-order valence-electron chi connectivity index (χ4n) is 1.52. The van der Waals surface area contributed by atoms with Crippen LogP contribution in [0.4, 0.5) is 10.3 Å². The van der Waals surface area contributed by atoms with E-state index in [0.29, 0.717) is 11.0 Å². The number of rotatable bonds is 5. The third kappa shape index (κ3) is 3.67. The lowest BCUT2D eigenvalue weighted by Crippen LogP contribution is -2.05. The number of aromatic nitrogens is 2.